The van der Waals surface area contributed by atoms with Crippen LogP contribution >= 0.6 is 0 Å². The monoisotopic (exact) mass is 259 g/mol. The third kappa shape index (κ3) is 3.02. The van der Waals surface area contributed by atoms with Crippen molar-refractivity contribution in [2.75, 3.05) is 12.4 Å². The standard InChI is InChI=1S/C14H17N3O2/c1-9-3-6-13(17-12(9)8-15)16-11-5-4-10(7-11)14(18)19-2/h3,6,10-11H,4-5,7H2,1-2H3,(H,16,17)/t10-,11+/m0/s1. The Morgan fingerprint density at radius 3 is 3.00 bits per heavy atom. The van der Waals surface area contributed by atoms with E-state index in [1.54, 1.807) is 0 Å². The normalized spacial score (nSPS) is 21.7. The summed E-state index contributed by atoms with van der Waals surface area (Å²) in [5.74, 6) is 0.528. The van der Waals surface area contributed by atoms with E-state index in [0.29, 0.717) is 11.5 Å². The number of aryl methyl sites for hydroxylation is 1. The Morgan fingerprint density at radius 1 is 1.53 bits per heavy atom. The number of nitrogens with zero attached hydrogens (tertiary/aromatic N) is 2. The third-order valence-electron chi connectivity index (χ3n) is 3.52. The molecule has 1 aliphatic carbocycles. The van der Waals surface area contributed by atoms with E-state index in [1.807, 2.05) is 19.1 Å². The summed E-state index contributed by atoms with van der Waals surface area (Å²) < 4.78 is 4.76. The number of ether oxygens (including phenoxy) is 1. The van der Waals surface area contributed by atoms with Crippen LogP contribution < -0.4 is 5.32 Å². The number of hydrogen-bond donors (Lipinski definition) is 1. The predicted octanol–water partition coefficient (Wildman–Crippen LogP) is 2.02. The first-order valence-corrected chi connectivity index (χ1v) is 6.36. The minimum atomic E-state index is -0.140. The van der Waals surface area contributed by atoms with Crippen LogP contribution in [0.2, 0.25) is 0 Å². The highest BCUT2D eigenvalue weighted by Gasteiger charge is 2.30. The lowest BCUT2D eigenvalue weighted by Gasteiger charge is -2.13. The van der Waals surface area contributed by atoms with Gasteiger partial charge in [-0.1, -0.05) is 6.07 Å². The summed E-state index contributed by atoms with van der Waals surface area (Å²) in [4.78, 5) is 15.7. The van der Waals surface area contributed by atoms with E-state index in [1.165, 1.54) is 7.11 Å². The molecule has 0 radical (unpaired) electrons. The largest absolute Gasteiger partial charge is 0.469 e. The van der Waals surface area contributed by atoms with Crippen LogP contribution in [-0.4, -0.2) is 24.1 Å². The lowest BCUT2D eigenvalue weighted by Crippen LogP contribution is -2.19. The van der Waals surface area contributed by atoms with Crippen molar-refractivity contribution in [2.45, 2.75) is 32.2 Å². The van der Waals surface area contributed by atoms with Gasteiger partial charge in [-0.15, -0.1) is 0 Å². The minimum absolute atomic E-state index is 0.0246. The van der Waals surface area contributed by atoms with Crippen molar-refractivity contribution in [1.82, 2.24) is 4.98 Å². The van der Waals surface area contributed by atoms with Gasteiger partial charge in [0.2, 0.25) is 0 Å². The van der Waals surface area contributed by atoms with Gasteiger partial charge in [-0.3, -0.25) is 4.79 Å². The van der Waals surface area contributed by atoms with Crippen LogP contribution in [-0.2, 0) is 9.53 Å². The first-order valence-electron chi connectivity index (χ1n) is 6.36. The quantitative estimate of drug-likeness (QED) is 0.840. The van der Waals surface area contributed by atoms with E-state index < -0.39 is 0 Å². The fourth-order valence-corrected chi connectivity index (χ4v) is 2.42. The summed E-state index contributed by atoms with van der Waals surface area (Å²) in [5, 5.41) is 12.2. The molecule has 100 valence electrons. The van der Waals surface area contributed by atoms with Gasteiger partial charge < -0.3 is 10.1 Å². The zero-order valence-corrected chi connectivity index (χ0v) is 11.1. The van der Waals surface area contributed by atoms with Crippen molar-refractivity contribution >= 4 is 11.8 Å². The molecule has 1 N–H and O–H groups in total. The summed E-state index contributed by atoms with van der Waals surface area (Å²) in [6, 6.07) is 6.02. The van der Waals surface area contributed by atoms with E-state index in [-0.39, 0.29) is 17.9 Å². The van der Waals surface area contributed by atoms with Gasteiger partial charge in [0.1, 0.15) is 17.6 Å². The van der Waals surface area contributed by atoms with Crippen molar-refractivity contribution in [1.29, 1.82) is 5.26 Å². The average Bonchev–Trinajstić information content (AvgIpc) is 2.88. The maximum Gasteiger partial charge on any atom is 0.308 e. The Balaban J connectivity index is 2.00. The fourth-order valence-electron chi connectivity index (χ4n) is 2.42. The summed E-state index contributed by atoms with van der Waals surface area (Å²) in [5.41, 5.74) is 1.31. The van der Waals surface area contributed by atoms with Crippen molar-refractivity contribution < 1.29 is 9.53 Å². The van der Waals surface area contributed by atoms with E-state index in [9.17, 15) is 4.79 Å². The number of anilines is 1. The molecule has 1 heterocycles. The fraction of sp³-hybridized carbons (Fsp3) is 0.500. The molecule has 0 aromatic carbocycles. The number of carbonyl (C=O) groups excluding carboxylic acids is 1. The molecule has 0 spiro atoms. The molecule has 0 bridgehead atoms. The molecule has 2 rings (SSSR count). The molecule has 5 heteroatoms. The van der Waals surface area contributed by atoms with Crippen LogP contribution in [0.1, 0.15) is 30.5 Å². The zero-order valence-electron chi connectivity index (χ0n) is 11.1. The van der Waals surface area contributed by atoms with Gasteiger partial charge in [0.15, 0.2) is 0 Å². The Morgan fingerprint density at radius 2 is 2.32 bits per heavy atom. The molecule has 5 nitrogen and oxygen atoms in total. The second kappa shape index (κ2) is 5.70. The van der Waals surface area contributed by atoms with Crippen LogP contribution in [0.15, 0.2) is 12.1 Å². The van der Waals surface area contributed by atoms with Gasteiger partial charge >= 0.3 is 5.97 Å². The number of rotatable bonds is 3. The number of pyridine rings is 1. The van der Waals surface area contributed by atoms with Crippen molar-refractivity contribution in [3.63, 3.8) is 0 Å². The maximum absolute atomic E-state index is 11.4. The van der Waals surface area contributed by atoms with Crippen molar-refractivity contribution in [3.8, 4) is 6.07 Å². The second-order valence-electron chi connectivity index (χ2n) is 4.85. The summed E-state index contributed by atoms with van der Waals surface area (Å²) in [6.07, 6.45) is 2.50. The first kappa shape index (κ1) is 13.3. The molecule has 2 atom stereocenters. The third-order valence-corrected chi connectivity index (χ3v) is 3.52. The zero-order chi connectivity index (χ0) is 13.8. The molecule has 0 aliphatic heterocycles. The molecule has 1 aromatic rings. The van der Waals surface area contributed by atoms with Crippen LogP contribution in [0.5, 0.6) is 0 Å². The second-order valence-corrected chi connectivity index (χ2v) is 4.85. The highest BCUT2D eigenvalue weighted by Crippen LogP contribution is 2.28. The maximum atomic E-state index is 11.4. The SMILES string of the molecule is COC(=O)[C@H]1CC[C@@H](Nc2ccc(C)c(C#N)n2)C1. The molecular formula is C14H17N3O2. The minimum Gasteiger partial charge on any atom is -0.469 e. The lowest BCUT2D eigenvalue weighted by atomic mass is 10.1. The Hall–Kier alpha value is -2.09. The van der Waals surface area contributed by atoms with E-state index in [4.69, 9.17) is 10.00 Å². The number of aromatic nitrogens is 1. The molecule has 19 heavy (non-hydrogen) atoms. The summed E-state index contributed by atoms with van der Waals surface area (Å²) in [6.45, 7) is 1.86. The van der Waals surface area contributed by atoms with Gasteiger partial charge in [0, 0.05) is 6.04 Å². The number of carbonyl (C=O) groups is 1. The number of nitrogens with one attached hydrogen (secondary N) is 1. The Bertz CT molecular complexity index is 522. The molecule has 1 saturated carbocycles. The van der Waals surface area contributed by atoms with Crippen molar-refractivity contribution in [2.24, 2.45) is 5.92 Å². The number of methoxy groups -OCH3 is 1. The molecular weight excluding hydrogens is 242 g/mol. The van der Waals surface area contributed by atoms with Crippen LogP contribution in [0.4, 0.5) is 5.82 Å². The average molecular weight is 259 g/mol. The predicted molar refractivity (Wildman–Crippen MR) is 70.5 cm³/mol. The van der Waals surface area contributed by atoms with Crippen LogP contribution in [0.25, 0.3) is 0 Å². The molecule has 1 fully saturated rings. The van der Waals surface area contributed by atoms with Gasteiger partial charge in [-0.25, -0.2) is 4.98 Å². The number of esters is 1. The first-order chi connectivity index (χ1) is 9.13. The molecule has 0 amide bonds. The molecule has 0 unspecified atom stereocenters. The summed E-state index contributed by atoms with van der Waals surface area (Å²) in [7, 11) is 1.42. The van der Waals surface area contributed by atoms with Gasteiger partial charge in [0.05, 0.1) is 13.0 Å². The van der Waals surface area contributed by atoms with E-state index in [0.717, 1.165) is 24.8 Å². The van der Waals surface area contributed by atoms with Gasteiger partial charge in [-0.2, -0.15) is 5.26 Å². The van der Waals surface area contributed by atoms with E-state index in [2.05, 4.69) is 16.4 Å². The Kier molecular flexibility index (Phi) is 4.00. The number of hydrogen-bond acceptors (Lipinski definition) is 5. The van der Waals surface area contributed by atoms with Crippen LogP contribution in [0, 0.1) is 24.2 Å². The Labute approximate surface area is 112 Å². The molecule has 0 saturated heterocycles. The van der Waals surface area contributed by atoms with Gasteiger partial charge in [-0.05, 0) is 37.8 Å². The summed E-state index contributed by atoms with van der Waals surface area (Å²) >= 11 is 0. The highest BCUT2D eigenvalue weighted by atomic mass is 16.5. The number of nitriles is 1. The highest BCUT2D eigenvalue weighted by molar-refractivity contribution is 5.72. The lowest BCUT2D eigenvalue weighted by molar-refractivity contribution is -0.145. The topological polar surface area (TPSA) is 75.0 Å². The smallest absolute Gasteiger partial charge is 0.308 e. The van der Waals surface area contributed by atoms with Crippen molar-refractivity contribution in [3.05, 3.63) is 23.4 Å². The van der Waals surface area contributed by atoms with Crippen LogP contribution in [0.3, 0.4) is 0 Å². The van der Waals surface area contributed by atoms with E-state index >= 15 is 0 Å². The van der Waals surface area contributed by atoms with Gasteiger partial charge in [0.25, 0.3) is 0 Å². The molecule has 1 aromatic heterocycles. The molecule has 1 aliphatic rings.